The van der Waals surface area contributed by atoms with E-state index in [2.05, 4.69) is 0 Å². The van der Waals surface area contributed by atoms with Gasteiger partial charge in [-0.2, -0.15) is 0 Å². The van der Waals surface area contributed by atoms with E-state index in [-0.39, 0.29) is 23.2 Å². The fourth-order valence-electron chi connectivity index (χ4n) is 1.69. The van der Waals surface area contributed by atoms with Crippen LogP contribution < -0.4 is 0 Å². The van der Waals surface area contributed by atoms with Gasteiger partial charge >= 0.3 is 5.97 Å². The molecule has 2 N–H and O–H groups in total. The summed E-state index contributed by atoms with van der Waals surface area (Å²) < 4.78 is 0. The average molecular weight is 268 g/mol. The molecule has 4 nitrogen and oxygen atoms in total. The van der Waals surface area contributed by atoms with Gasteiger partial charge in [-0.25, -0.2) is 0 Å². The number of hydrogen-bond acceptors (Lipinski definition) is 4. The number of carboxylic acids is 1. The van der Waals surface area contributed by atoms with Gasteiger partial charge in [0.2, 0.25) is 0 Å². The lowest BCUT2D eigenvalue weighted by Gasteiger charge is -2.14. The zero-order valence-electron chi connectivity index (χ0n) is 10.1. The van der Waals surface area contributed by atoms with E-state index in [4.69, 9.17) is 5.11 Å². The Balaban J connectivity index is 2.68. The molecule has 1 aromatic carbocycles. The van der Waals surface area contributed by atoms with Crippen LogP contribution >= 0.6 is 11.8 Å². The summed E-state index contributed by atoms with van der Waals surface area (Å²) in [6, 6.07) is 6.54. The van der Waals surface area contributed by atoms with E-state index >= 15 is 0 Å². The molecular formula is C13H16O4S. The van der Waals surface area contributed by atoms with E-state index in [1.54, 1.807) is 24.3 Å². The molecular weight excluding hydrogens is 252 g/mol. The van der Waals surface area contributed by atoms with E-state index in [0.29, 0.717) is 12.2 Å². The summed E-state index contributed by atoms with van der Waals surface area (Å²) in [6.45, 7) is 1.50. The molecule has 1 atom stereocenters. The summed E-state index contributed by atoms with van der Waals surface area (Å²) in [5.74, 6) is -0.226. The van der Waals surface area contributed by atoms with Crippen molar-refractivity contribution in [2.45, 2.75) is 25.7 Å². The molecule has 0 saturated heterocycles. The highest BCUT2D eigenvalue weighted by atomic mass is 32.2. The number of benzene rings is 1. The van der Waals surface area contributed by atoms with E-state index in [9.17, 15) is 14.7 Å². The van der Waals surface area contributed by atoms with Crippen LogP contribution in [0.1, 0.15) is 31.2 Å². The van der Waals surface area contributed by atoms with Crippen molar-refractivity contribution in [3.8, 4) is 5.75 Å². The third-order valence-corrected chi connectivity index (χ3v) is 3.40. The molecule has 0 fully saturated rings. The number of phenols is 1. The maximum Gasteiger partial charge on any atom is 0.303 e. The first-order chi connectivity index (χ1) is 8.49. The normalized spacial score (nSPS) is 12.1. The molecule has 0 amide bonds. The van der Waals surface area contributed by atoms with Crippen LogP contribution in [0.15, 0.2) is 24.3 Å². The maximum absolute atomic E-state index is 10.8. The number of phenolic OH excluding ortho intramolecular Hbond substituents is 1. The molecule has 0 aliphatic rings. The lowest BCUT2D eigenvalue weighted by Crippen LogP contribution is -2.07. The predicted molar refractivity (Wildman–Crippen MR) is 70.9 cm³/mol. The summed E-state index contributed by atoms with van der Waals surface area (Å²) in [7, 11) is 0. The first-order valence-electron chi connectivity index (χ1n) is 5.63. The largest absolute Gasteiger partial charge is 0.508 e. The molecule has 1 unspecified atom stereocenters. The minimum absolute atomic E-state index is 0.0310. The third-order valence-electron chi connectivity index (χ3n) is 2.56. The molecule has 5 heteroatoms. The second kappa shape index (κ2) is 7.06. The van der Waals surface area contributed by atoms with Crippen molar-refractivity contribution in [2.75, 3.05) is 5.75 Å². The number of carboxylic acid groups (broad SMARTS) is 1. The van der Waals surface area contributed by atoms with Crippen molar-refractivity contribution < 1.29 is 19.8 Å². The Morgan fingerprint density at radius 3 is 2.39 bits per heavy atom. The van der Waals surface area contributed by atoms with Crippen LogP contribution in [-0.4, -0.2) is 27.1 Å². The number of carbonyl (C=O) groups excluding carboxylic acids is 1. The molecule has 0 aliphatic heterocycles. The molecule has 98 valence electrons. The van der Waals surface area contributed by atoms with Crippen molar-refractivity contribution in [2.24, 2.45) is 0 Å². The molecule has 0 aromatic heterocycles. The second-order valence-corrected chi connectivity index (χ2v) is 5.29. The quantitative estimate of drug-likeness (QED) is 0.829. The summed E-state index contributed by atoms with van der Waals surface area (Å²) in [6.07, 6.45) is 0.657. The minimum atomic E-state index is -0.860. The Hall–Kier alpha value is -1.49. The molecule has 0 bridgehead atoms. The van der Waals surface area contributed by atoms with Gasteiger partial charge in [-0.1, -0.05) is 23.9 Å². The highest BCUT2D eigenvalue weighted by Crippen LogP contribution is 2.26. The summed E-state index contributed by atoms with van der Waals surface area (Å²) in [5, 5.41) is 18.1. The molecule has 0 radical (unpaired) electrons. The van der Waals surface area contributed by atoms with Crippen molar-refractivity contribution in [1.29, 1.82) is 0 Å². The topological polar surface area (TPSA) is 74.6 Å². The smallest absolute Gasteiger partial charge is 0.303 e. The first kappa shape index (κ1) is 14.6. The number of aliphatic carboxylic acids is 1. The van der Waals surface area contributed by atoms with Crippen LogP contribution in [0.2, 0.25) is 0 Å². The Morgan fingerprint density at radius 2 is 1.89 bits per heavy atom. The van der Waals surface area contributed by atoms with Crippen molar-refractivity contribution in [3.05, 3.63) is 29.8 Å². The van der Waals surface area contributed by atoms with Gasteiger partial charge in [0.15, 0.2) is 5.12 Å². The highest BCUT2D eigenvalue weighted by Gasteiger charge is 2.15. The predicted octanol–water partition coefficient (Wildman–Crippen LogP) is 2.62. The third kappa shape index (κ3) is 5.23. The SMILES string of the molecule is CC(=O)SCCC(CC(=O)O)c1ccc(O)cc1. The number of rotatable bonds is 6. The van der Waals surface area contributed by atoms with Gasteiger partial charge in [0.1, 0.15) is 5.75 Å². The Labute approximate surface area is 110 Å². The number of hydrogen-bond donors (Lipinski definition) is 2. The molecule has 18 heavy (non-hydrogen) atoms. The van der Waals surface area contributed by atoms with Gasteiger partial charge in [0.25, 0.3) is 0 Å². The van der Waals surface area contributed by atoms with Gasteiger partial charge in [-0.15, -0.1) is 0 Å². The lowest BCUT2D eigenvalue weighted by atomic mass is 9.93. The zero-order chi connectivity index (χ0) is 13.5. The van der Waals surface area contributed by atoms with E-state index in [1.165, 1.54) is 18.7 Å². The maximum atomic E-state index is 10.8. The van der Waals surface area contributed by atoms with Crippen LogP contribution in [0.3, 0.4) is 0 Å². The molecule has 1 rings (SSSR count). The summed E-state index contributed by atoms with van der Waals surface area (Å²) in [4.78, 5) is 21.7. The van der Waals surface area contributed by atoms with E-state index in [1.807, 2.05) is 0 Å². The van der Waals surface area contributed by atoms with Gasteiger partial charge in [-0.3, -0.25) is 9.59 Å². The second-order valence-electron chi connectivity index (χ2n) is 4.02. The van der Waals surface area contributed by atoms with E-state index in [0.717, 1.165) is 5.56 Å². The van der Waals surface area contributed by atoms with Crippen LogP contribution in [-0.2, 0) is 9.59 Å². The van der Waals surface area contributed by atoms with Crippen LogP contribution in [0, 0.1) is 0 Å². The molecule has 0 spiro atoms. The Bertz CT molecular complexity index is 414. The van der Waals surface area contributed by atoms with Crippen molar-refractivity contribution >= 4 is 22.8 Å². The zero-order valence-corrected chi connectivity index (χ0v) is 10.9. The monoisotopic (exact) mass is 268 g/mol. The average Bonchev–Trinajstić information content (AvgIpc) is 2.28. The fourth-order valence-corrected chi connectivity index (χ4v) is 2.38. The minimum Gasteiger partial charge on any atom is -0.508 e. The molecule has 0 saturated carbocycles. The lowest BCUT2D eigenvalue weighted by molar-refractivity contribution is -0.137. The standard InChI is InChI=1S/C13H16O4S/c1-9(14)18-7-6-11(8-13(16)17)10-2-4-12(15)5-3-10/h2-5,11,15H,6-8H2,1H3,(H,16,17). The van der Waals surface area contributed by atoms with Gasteiger partial charge in [-0.05, 0) is 30.0 Å². The van der Waals surface area contributed by atoms with Gasteiger partial charge < -0.3 is 10.2 Å². The first-order valence-corrected chi connectivity index (χ1v) is 6.61. The van der Waals surface area contributed by atoms with Crippen LogP contribution in [0.25, 0.3) is 0 Å². The molecule has 0 aliphatic carbocycles. The highest BCUT2D eigenvalue weighted by molar-refractivity contribution is 8.13. The Kier molecular flexibility index (Phi) is 5.71. The van der Waals surface area contributed by atoms with Gasteiger partial charge in [0.05, 0.1) is 6.42 Å². The molecule has 0 heterocycles. The summed E-state index contributed by atoms with van der Waals surface area (Å²) >= 11 is 1.20. The van der Waals surface area contributed by atoms with Crippen LogP contribution in [0.4, 0.5) is 0 Å². The van der Waals surface area contributed by atoms with E-state index < -0.39 is 5.97 Å². The van der Waals surface area contributed by atoms with Crippen LogP contribution in [0.5, 0.6) is 5.75 Å². The summed E-state index contributed by atoms with van der Waals surface area (Å²) in [5.41, 5.74) is 0.874. The van der Waals surface area contributed by atoms with Crippen molar-refractivity contribution in [1.82, 2.24) is 0 Å². The number of aromatic hydroxyl groups is 1. The van der Waals surface area contributed by atoms with Crippen molar-refractivity contribution in [3.63, 3.8) is 0 Å². The Morgan fingerprint density at radius 1 is 1.28 bits per heavy atom. The number of thioether (sulfide) groups is 1. The van der Waals surface area contributed by atoms with Gasteiger partial charge in [0, 0.05) is 12.7 Å². The number of carbonyl (C=O) groups is 2. The molecule has 1 aromatic rings. The fraction of sp³-hybridized carbons (Fsp3) is 0.385.